The molecule has 0 unspecified atom stereocenters. The van der Waals surface area contributed by atoms with Gasteiger partial charge in [0.15, 0.2) is 0 Å². The molecule has 0 bridgehead atoms. The lowest BCUT2D eigenvalue weighted by Crippen LogP contribution is -2.61. The number of imidazole rings is 2. The van der Waals surface area contributed by atoms with Gasteiger partial charge in [0.2, 0.25) is 76.8 Å². The zero-order valence-electron chi connectivity index (χ0n) is 63.0. The topological polar surface area (TPSA) is 514 Å². The highest BCUT2D eigenvalue weighted by Gasteiger charge is 2.38. The van der Waals surface area contributed by atoms with E-state index in [-0.39, 0.29) is 80.4 Å². The van der Waals surface area contributed by atoms with Crippen LogP contribution >= 0.6 is 0 Å². The summed E-state index contributed by atoms with van der Waals surface area (Å²) in [5.41, 5.74) is 8.70. The van der Waals surface area contributed by atoms with E-state index in [1.54, 1.807) is 96.9 Å². The molecule has 19 N–H and O–H groups in total. The fraction of sp³-hybridized carbons (Fsp3) is 0.507. The second-order valence-corrected chi connectivity index (χ2v) is 28.6. The van der Waals surface area contributed by atoms with Gasteiger partial charge in [-0.15, -0.1) is 0 Å². The van der Waals surface area contributed by atoms with Crippen LogP contribution in [0.4, 0.5) is 0 Å². The quantitative estimate of drug-likeness (QED) is 0.0228. The second-order valence-electron chi connectivity index (χ2n) is 28.6. The number of phenolic OH excluding ortho intramolecular Hbond substituents is 3. The SMILES string of the molecule is CC(C)C[C@@H](NC(=O)CNC(=O)[C@@H](C)NC(=O)[C@H](NC(=O)[C@@H](CC(N)=O)NC(=O)[C@@H](CCc1ccc(O)cc1)NC(=O)[C@H](NC(=O)CCc1ccc(O)cc1)C(C)C)C(C)C)C(=O)N[C@H](Cc1ccc(O)cc1)C(=O)N[C@@H](C(=O)N[C@H](CCc1cnc[nH]1)C(=O)N[C@H](Cc1cnc[nH]1)C(=O)N1CCNCC1)C(C)C. The number of aromatic amines is 2. The molecule has 1 aliphatic rings. The lowest BCUT2D eigenvalue weighted by Gasteiger charge is -2.32. The number of amides is 13. The van der Waals surface area contributed by atoms with Crippen molar-refractivity contribution < 1.29 is 77.6 Å². The Morgan fingerprint density at radius 3 is 1.37 bits per heavy atom. The molecule has 34 heteroatoms. The minimum atomic E-state index is -1.72. The van der Waals surface area contributed by atoms with E-state index < -0.39 is 162 Å². The predicted molar refractivity (Wildman–Crippen MR) is 399 cm³/mol. The zero-order chi connectivity index (χ0) is 80.0. The Morgan fingerprint density at radius 2 is 0.872 bits per heavy atom. The molecular formula is C75H106N18O16. The van der Waals surface area contributed by atoms with E-state index in [9.17, 15) is 77.6 Å². The number of aryl methyl sites for hydroxylation is 3. The molecule has 3 heterocycles. The molecule has 0 saturated carbocycles. The first-order chi connectivity index (χ1) is 51.7. The number of aromatic nitrogens is 4. The number of nitrogens with one attached hydrogen (secondary N) is 14. The van der Waals surface area contributed by atoms with Gasteiger partial charge in [-0.05, 0) is 122 Å². The van der Waals surface area contributed by atoms with E-state index in [4.69, 9.17) is 5.73 Å². The summed E-state index contributed by atoms with van der Waals surface area (Å²) in [6.07, 6.45) is 5.76. The molecule has 10 atom stereocenters. The molecule has 592 valence electrons. The number of aromatic hydroxyl groups is 3. The molecule has 3 aromatic carbocycles. The number of primary amides is 1. The molecule has 0 aliphatic carbocycles. The molecule has 0 radical (unpaired) electrons. The van der Waals surface area contributed by atoms with Gasteiger partial charge in [0.25, 0.3) is 0 Å². The van der Waals surface area contributed by atoms with E-state index in [1.807, 2.05) is 0 Å². The first-order valence-corrected chi connectivity index (χ1v) is 36.6. The van der Waals surface area contributed by atoms with Crippen molar-refractivity contribution in [2.24, 2.45) is 29.4 Å². The number of rotatable bonds is 42. The molecular weight excluding hydrogens is 1410 g/mol. The van der Waals surface area contributed by atoms with Crippen LogP contribution in [-0.4, -0.2) is 210 Å². The number of hydrogen-bond acceptors (Lipinski definition) is 19. The number of phenols is 3. The monoisotopic (exact) mass is 1510 g/mol. The van der Waals surface area contributed by atoms with Crippen molar-refractivity contribution in [1.82, 2.24) is 88.6 Å². The molecule has 34 nitrogen and oxygen atoms in total. The Hall–Kier alpha value is -11.4. The largest absolute Gasteiger partial charge is 0.508 e. The van der Waals surface area contributed by atoms with Crippen molar-refractivity contribution in [3.8, 4) is 17.2 Å². The van der Waals surface area contributed by atoms with E-state index in [0.717, 1.165) is 5.56 Å². The molecule has 6 rings (SSSR count). The fourth-order valence-corrected chi connectivity index (χ4v) is 11.9. The van der Waals surface area contributed by atoms with Gasteiger partial charge >= 0.3 is 0 Å². The van der Waals surface area contributed by atoms with Gasteiger partial charge in [-0.2, -0.15) is 0 Å². The van der Waals surface area contributed by atoms with Crippen LogP contribution in [0.1, 0.15) is 122 Å². The van der Waals surface area contributed by atoms with E-state index >= 15 is 0 Å². The van der Waals surface area contributed by atoms with Crippen LogP contribution in [0.2, 0.25) is 0 Å². The Bertz CT molecular complexity index is 3850. The van der Waals surface area contributed by atoms with E-state index in [0.29, 0.717) is 55.1 Å². The van der Waals surface area contributed by atoms with Crippen LogP contribution in [0, 0.1) is 23.7 Å². The van der Waals surface area contributed by atoms with Crippen molar-refractivity contribution in [3.05, 3.63) is 126 Å². The van der Waals surface area contributed by atoms with Gasteiger partial charge < -0.3 is 99.7 Å². The first-order valence-electron chi connectivity index (χ1n) is 36.6. The average Bonchev–Trinajstić information content (AvgIpc) is 1.57. The summed E-state index contributed by atoms with van der Waals surface area (Å²) in [5, 5.41) is 62.0. The van der Waals surface area contributed by atoms with Gasteiger partial charge in [0, 0.05) is 69.2 Å². The lowest BCUT2D eigenvalue weighted by atomic mass is 9.99. The van der Waals surface area contributed by atoms with Crippen molar-refractivity contribution in [2.45, 2.75) is 187 Å². The highest BCUT2D eigenvalue weighted by molar-refractivity contribution is 6.00. The van der Waals surface area contributed by atoms with Crippen molar-refractivity contribution >= 4 is 76.8 Å². The third-order valence-corrected chi connectivity index (χ3v) is 18.1. The fourth-order valence-electron chi connectivity index (χ4n) is 11.9. The Morgan fingerprint density at radius 1 is 0.440 bits per heavy atom. The summed E-state index contributed by atoms with van der Waals surface area (Å²) in [4.78, 5) is 198. The van der Waals surface area contributed by atoms with Gasteiger partial charge in [0.1, 0.15) is 77.7 Å². The molecule has 0 spiro atoms. The van der Waals surface area contributed by atoms with Gasteiger partial charge in [-0.3, -0.25) is 62.3 Å². The summed E-state index contributed by atoms with van der Waals surface area (Å²) < 4.78 is 0. The summed E-state index contributed by atoms with van der Waals surface area (Å²) in [6, 6.07) is 4.68. The van der Waals surface area contributed by atoms with Crippen LogP contribution in [0.15, 0.2) is 97.8 Å². The molecule has 1 aliphatic heterocycles. The normalized spacial score (nSPS) is 14.9. The molecule has 5 aromatic rings. The summed E-state index contributed by atoms with van der Waals surface area (Å²) in [7, 11) is 0. The maximum atomic E-state index is 14.7. The second kappa shape index (κ2) is 42.8. The van der Waals surface area contributed by atoms with Crippen LogP contribution in [-0.2, 0) is 94.4 Å². The first kappa shape index (κ1) is 86.5. The maximum absolute atomic E-state index is 14.7. The van der Waals surface area contributed by atoms with Crippen molar-refractivity contribution in [2.75, 3.05) is 32.7 Å². The zero-order valence-corrected chi connectivity index (χ0v) is 63.0. The van der Waals surface area contributed by atoms with Crippen LogP contribution in [0.5, 0.6) is 17.2 Å². The Balaban J connectivity index is 1.10. The minimum Gasteiger partial charge on any atom is -0.508 e. The van der Waals surface area contributed by atoms with Gasteiger partial charge in [0.05, 0.1) is 25.6 Å². The van der Waals surface area contributed by atoms with Crippen molar-refractivity contribution in [1.29, 1.82) is 0 Å². The van der Waals surface area contributed by atoms with Gasteiger partial charge in [-0.1, -0.05) is 91.8 Å². The average molecular weight is 1520 g/mol. The summed E-state index contributed by atoms with van der Waals surface area (Å²) >= 11 is 0. The molecule has 109 heavy (non-hydrogen) atoms. The third kappa shape index (κ3) is 29.0. The predicted octanol–water partition coefficient (Wildman–Crippen LogP) is -0.761. The summed E-state index contributed by atoms with van der Waals surface area (Å²) in [5.74, 6) is -12.4. The number of nitrogens with two attached hydrogens (primary N) is 1. The molecule has 2 aromatic heterocycles. The summed E-state index contributed by atoms with van der Waals surface area (Å²) in [6.45, 7) is 15.9. The highest BCUT2D eigenvalue weighted by atomic mass is 16.3. The number of hydrogen-bond donors (Lipinski definition) is 18. The Kier molecular flexibility index (Phi) is 33.9. The Labute approximate surface area is 632 Å². The van der Waals surface area contributed by atoms with Crippen LogP contribution in [0.25, 0.3) is 0 Å². The maximum Gasteiger partial charge on any atom is 0.245 e. The van der Waals surface area contributed by atoms with Crippen LogP contribution in [0.3, 0.4) is 0 Å². The number of nitrogens with zero attached hydrogens (tertiary/aromatic N) is 3. The molecule has 13 amide bonds. The number of benzene rings is 3. The minimum absolute atomic E-state index is 0.0160. The standard InChI is InChI=1S/C75H106N18O16/c1-41(2)32-56(69(103)87-57(33-48-14-23-53(96)24-15-48)70(104)92-65(44(7)8)74(108)86-55(26-18-49-36-78-39-81-49)68(102)89-59(34-50-37-79-40-82-50)75(109)93-30-28-77-29-31-93)84-62(99)38-80-66(100)45(9)83-72(106)64(43(5)6)91-71(105)58(35-60(76)97)88-67(101)54(25-16-46-10-19-51(94)20-11-46)85-73(107)63(42(3)4)90-61(98)27-17-47-12-21-52(95)22-13-47/h10-15,19-24,36-37,39-45,54-59,63-65,77,94-96H,16-18,25-35,38H2,1-9H3,(H2,76,97)(H,78,81)(H,79,82)(H,80,100)(H,83,106)(H,84,99)(H,85,107)(H,86,108)(H,87,103)(H,88,101)(H,89,102)(H,90,98)(H,91,105)(H,92,104)/t45-,54-,55-,56-,57-,58-,59-,63-,64-,65-/m1/s1. The third-order valence-electron chi connectivity index (χ3n) is 18.1. The number of carbonyl (C=O) groups excluding carboxylic acids is 13. The van der Waals surface area contributed by atoms with Crippen molar-refractivity contribution in [3.63, 3.8) is 0 Å². The smallest absolute Gasteiger partial charge is 0.245 e. The van der Waals surface area contributed by atoms with E-state index in [2.05, 4.69) is 83.7 Å². The highest BCUT2D eigenvalue weighted by Crippen LogP contribution is 2.19. The molecule has 1 fully saturated rings. The van der Waals surface area contributed by atoms with Gasteiger partial charge in [-0.25, -0.2) is 9.97 Å². The lowest BCUT2D eigenvalue weighted by molar-refractivity contribution is -0.138. The van der Waals surface area contributed by atoms with Crippen LogP contribution < -0.4 is 69.5 Å². The molecule has 1 saturated heterocycles. The number of piperazine rings is 1. The number of carbonyl (C=O) groups is 13. The number of H-pyrrole nitrogens is 2. The van der Waals surface area contributed by atoms with E-state index in [1.165, 1.54) is 68.1 Å².